The van der Waals surface area contributed by atoms with Crippen LogP contribution in [0.1, 0.15) is 31.2 Å². The van der Waals surface area contributed by atoms with Gasteiger partial charge in [-0.05, 0) is 55.1 Å². The maximum Gasteiger partial charge on any atom is 0.290 e. The Bertz CT molecular complexity index is 956. The molecule has 0 aliphatic carbocycles. The minimum Gasteiger partial charge on any atom is -0.503 e. The zero-order chi connectivity index (χ0) is 22.4. The molecule has 0 saturated heterocycles. The fraction of sp³-hybridized carbons (Fsp3) is 0.333. The molecule has 0 saturated carbocycles. The van der Waals surface area contributed by atoms with E-state index >= 15 is 0 Å². The second-order valence-corrected chi connectivity index (χ2v) is 7.18. The average molecular weight is 424 g/mol. The Labute approximate surface area is 182 Å². The predicted octanol–water partition coefficient (Wildman–Crippen LogP) is 3.61. The summed E-state index contributed by atoms with van der Waals surface area (Å²) >= 11 is 0. The Morgan fingerprint density at radius 3 is 2.52 bits per heavy atom. The van der Waals surface area contributed by atoms with Crippen molar-refractivity contribution in [2.75, 3.05) is 33.3 Å². The van der Waals surface area contributed by atoms with E-state index in [0.717, 1.165) is 18.7 Å². The molecule has 1 aliphatic rings. The molecule has 2 aromatic rings. The largest absolute Gasteiger partial charge is 0.503 e. The highest BCUT2D eigenvalue weighted by atomic mass is 16.5. The van der Waals surface area contributed by atoms with Gasteiger partial charge in [-0.2, -0.15) is 0 Å². The van der Waals surface area contributed by atoms with Crippen LogP contribution in [0.2, 0.25) is 0 Å². The van der Waals surface area contributed by atoms with E-state index in [2.05, 4.69) is 18.7 Å². The van der Waals surface area contributed by atoms with Gasteiger partial charge in [0.15, 0.2) is 11.5 Å². The number of carbonyl (C=O) groups excluding carboxylic acids is 2. The van der Waals surface area contributed by atoms with Gasteiger partial charge in [0.25, 0.3) is 5.91 Å². The molecule has 7 nitrogen and oxygen atoms in total. The van der Waals surface area contributed by atoms with Crippen molar-refractivity contribution in [2.24, 2.45) is 0 Å². The van der Waals surface area contributed by atoms with E-state index in [1.807, 2.05) is 12.1 Å². The van der Waals surface area contributed by atoms with Crippen molar-refractivity contribution in [3.63, 3.8) is 0 Å². The number of benzene rings is 1. The van der Waals surface area contributed by atoms with Gasteiger partial charge >= 0.3 is 0 Å². The van der Waals surface area contributed by atoms with E-state index in [1.54, 1.807) is 36.3 Å². The number of allylic oxidation sites excluding steroid dienone is 1. The number of furan rings is 1. The van der Waals surface area contributed by atoms with Gasteiger partial charge < -0.3 is 24.1 Å². The lowest BCUT2D eigenvalue weighted by atomic mass is 9.95. The Balaban J connectivity index is 1.94. The predicted molar refractivity (Wildman–Crippen MR) is 118 cm³/mol. The van der Waals surface area contributed by atoms with E-state index in [9.17, 15) is 14.7 Å². The van der Waals surface area contributed by atoms with E-state index < -0.39 is 23.5 Å². The van der Waals surface area contributed by atoms with Crippen LogP contribution < -0.4 is 4.74 Å². The molecule has 1 aromatic carbocycles. The molecule has 2 heterocycles. The second-order valence-electron chi connectivity index (χ2n) is 7.18. The first-order valence-corrected chi connectivity index (χ1v) is 10.4. The topological polar surface area (TPSA) is 83.2 Å². The molecule has 0 fully saturated rings. The molecule has 1 aromatic heterocycles. The van der Waals surface area contributed by atoms with Crippen LogP contribution in [-0.2, 0) is 9.59 Å². The molecule has 0 radical (unpaired) electrons. The molecule has 1 N–H and O–H groups in total. The van der Waals surface area contributed by atoms with Crippen molar-refractivity contribution in [3.8, 4) is 5.75 Å². The van der Waals surface area contributed by atoms with Gasteiger partial charge in [-0.25, -0.2) is 0 Å². The third-order valence-electron chi connectivity index (χ3n) is 5.49. The number of likely N-dealkylation sites (N-methyl/N-ethyl adjacent to an activating group) is 1. The number of hydrogen-bond donors (Lipinski definition) is 1. The van der Waals surface area contributed by atoms with Crippen LogP contribution in [0, 0.1) is 0 Å². The van der Waals surface area contributed by atoms with Crippen molar-refractivity contribution in [1.82, 2.24) is 9.80 Å². The average Bonchev–Trinajstić information content (AvgIpc) is 3.40. The van der Waals surface area contributed by atoms with Gasteiger partial charge in [0.2, 0.25) is 0 Å². The summed E-state index contributed by atoms with van der Waals surface area (Å²) < 4.78 is 10.5. The molecule has 1 amide bonds. The van der Waals surface area contributed by atoms with Crippen molar-refractivity contribution >= 4 is 17.8 Å². The Morgan fingerprint density at radius 1 is 1.23 bits per heavy atom. The Hall–Kier alpha value is -3.32. The van der Waals surface area contributed by atoms with Crippen LogP contribution in [0.15, 0.2) is 64.5 Å². The number of hydrogen-bond acceptors (Lipinski definition) is 6. The molecule has 31 heavy (non-hydrogen) atoms. The summed E-state index contributed by atoms with van der Waals surface area (Å²) in [6, 6.07) is 9.93. The lowest BCUT2D eigenvalue weighted by molar-refractivity contribution is -0.129. The van der Waals surface area contributed by atoms with E-state index in [1.165, 1.54) is 18.4 Å². The summed E-state index contributed by atoms with van der Waals surface area (Å²) in [5, 5.41) is 10.6. The molecular formula is C24H28N2O5. The number of ketones is 1. The van der Waals surface area contributed by atoms with Crippen LogP contribution in [0.4, 0.5) is 0 Å². The first kappa shape index (κ1) is 22.4. The smallest absolute Gasteiger partial charge is 0.290 e. The normalized spacial score (nSPS) is 16.7. The second kappa shape index (κ2) is 10.1. The maximum atomic E-state index is 13.0. The molecular weight excluding hydrogens is 396 g/mol. The number of methoxy groups -OCH3 is 1. The highest BCUT2D eigenvalue weighted by Crippen LogP contribution is 2.38. The zero-order valence-corrected chi connectivity index (χ0v) is 18.1. The summed E-state index contributed by atoms with van der Waals surface area (Å²) in [6.45, 7) is 6.84. The van der Waals surface area contributed by atoms with Gasteiger partial charge in [0.05, 0.1) is 25.0 Å². The number of rotatable bonds is 10. The van der Waals surface area contributed by atoms with Crippen molar-refractivity contribution < 1.29 is 23.8 Å². The summed E-state index contributed by atoms with van der Waals surface area (Å²) in [5.74, 6) is -0.302. The number of amides is 1. The quantitative estimate of drug-likeness (QED) is 0.587. The number of aliphatic hydroxyl groups is 1. The van der Waals surface area contributed by atoms with Gasteiger partial charge in [0.1, 0.15) is 11.5 Å². The molecule has 1 atom stereocenters. The summed E-state index contributed by atoms with van der Waals surface area (Å²) in [7, 11) is 1.57. The first-order valence-electron chi connectivity index (χ1n) is 10.4. The standard InChI is InChI=1S/C24H28N2O5/c1-4-25(5-2)14-15-26-22(17-8-10-18(30-3)11-9-17)21(23(28)24(26)29)20(27)13-12-19-7-6-16-31-19/h6-13,16,22,28H,4-5,14-15H2,1-3H3/b13-12+. The van der Waals surface area contributed by atoms with E-state index in [4.69, 9.17) is 9.15 Å². The third kappa shape index (κ3) is 4.88. The Kier molecular flexibility index (Phi) is 7.31. The lowest BCUT2D eigenvalue weighted by Crippen LogP contribution is -2.38. The third-order valence-corrected chi connectivity index (χ3v) is 5.49. The van der Waals surface area contributed by atoms with Crippen molar-refractivity contribution in [3.05, 3.63) is 71.4 Å². The van der Waals surface area contributed by atoms with Gasteiger partial charge in [-0.15, -0.1) is 0 Å². The molecule has 164 valence electrons. The van der Waals surface area contributed by atoms with Crippen molar-refractivity contribution in [2.45, 2.75) is 19.9 Å². The summed E-state index contributed by atoms with van der Waals surface area (Å²) in [4.78, 5) is 29.7. The highest BCUT2D eigenvalue weighted by Gasteiger charge is 2.42. The molecule has 1 unspecified atom stereocenters. The maximum absolute atomic E-state index is 13.0. The zero-order valence-electron chi connectivity index (χ0n) is 18.1. The van der Waals surface area contributed by atoms with E-state index in [0.29, 0.717) is 24.6 Å². The van der Waals surface area contributed by atoms with Crippen LogP contribution in [0.5, 0.6) is 5.75 Å². The lowest BCUT2D eigenvalue weighted by Gasteiger charge is -2.29. The molecule has 7 heteroatoms. The summed E-state index contributed by atoms with van der Waals surface area (Å²) in [5.41, 5.74) is 0.796. The number of aliphatic hydroxyl groups excluding tert-OH is 1. The van der Waals surface area contributed by atoms with Gasteiger partial charge in [-0.1, -0.05) is 26.0 Å². The fourth-order valence-corrected chi connectivity index (χ4v) is 3.69. The minimum absolute atomic E-state index is 0.0671. The first-order chi connectivity index (χ1) is 15.0. The van der Waals surface area contributed by atoms with Crippen LogP contribution in [0.3, 0.4) is 0 Å². The fourth-order valence-electron chi connectivity index (χ4n) is 3.69. The number of ether oxygens (including phenoxy) is 1. The van der Waals surface area contributed by atoms with Crippen molar-refractivity contribution in [1.29, 1.82) is 0 Å². The van der Waals surface area contributed by atoms with Gasteiger partial charge in [0, 0.05) is 13.1 Å². The van der Waals surface area contributed by atoms with Crippen LogP contribution >= 0.6 is 0 Å². The van der Waals surface area contributed by atoms with Crippen LogP contribution in [0.25, 0.3) is 6.08 Å². The molecule has 0 bridgehead atoms. The molecule has 1 aliphatic heterocycles. The Morgan fingerprint density at radius 2 is 1.94 bits per heavy atom. The van der Waals surface area contributed by atoms with Crippen LogP contribution in [-0.4, -0.2) is 59.9 Å². The number of nitrogens with zero attached hydrogens (tertiary/aromatic N) is 2. The summed E-state index contributed by atoms with van der Waals surface area (Å²) in [6.07, 6.45) is 4.36. The SMILES string of the molecule is CCN(CC)CCN1C(=O)C(O)=C(C(=O)/C=C/c2ccco2)C1c1ccc(OC)cc1. The molecule has 0 spiro atoms. The number of carbonyl (C=O) groups is 2. The van der Waals surface area contributed by atoms with E-state index in [-0.39, 0.29) is 5.57 Å². The monoisotopic (exact) mass is 424 g/mol. The highest BCUT2D eigenvalue weighted by molar-refractivity contribution is 6.14. The molecule has 3 rings (SSSR count). The van der Waals surface area contributed by atoms with Gasteiger partial charge in [-0.3, -0.25) is 9.59 Å². The minimum atomic E-state index is -0.678.